The van der Waals surface area contributed by atoms with Crippen LogP contribution in [0, 0.1) is 0 Å². The second-order valence-electron chi connectivity index (χ2n) is 2.59. The number of esters is 1. The maximum absolute atomic E-state index is 11.4. The molecular weight excluding hydrogens is 186 g/mol. The lowest BCUT2D eigenvalue weighted by molar-refractivity contribution is -0.141. The van der Waals surface area contributed by atoms with Crippen molar-refractivity contribution in [3.63, 3.8) is 0 Å². The van der Waals surface area contributed by atoms with Crippen LogP contribution < -0.4 is 5.56 Å². The number of hydrogen-bond donors (Lipinski definition) is 0. The minimum Gasteiger partial charge on any atom is -0.468 e. The Balaban J connectivity index is 3.04. The van der Waals surface area contributed by atoms with Crippen LogP contribution in [0.5, 0.6) is 0 Å². The molecule has 0 amide bonds. The van der Waals surface area contributed by atoms with Crippen LogP contribution >= 0.6 is 0 Å². The zero-order chi connectivity index (χ0) is 10.6. The predicted molar refractivity (Wildman–Crippen MR) is 48.1 cm³/mol. The van der Waals surface area contributed by atoms with Gasteiger partial charge in [0.25, 0.3) is 5.56 Å². The molecule has 0 saturated carbocycles. The topological polar surface area (TPSA) is 65.4 Å². The van der Waals surface area contributed by atoms with E-state index in [2.05, 4.69) is 4.74 Å². The number of carbonyl (C=O) groups excluding carboxylic acids is 2. The first-order valence-corrected chi connectivity index (χ1v) is 3.90. The molecule has 0 bridgehead atoms. The molecule has 5 nitrogen and oxygen atoms in total. The molecule has 0 aliphatic heterocycles. The summed E-state index contributed by atoms with van der Waals surface area (Å²) in [5.74, 6) is -0.532. The third-order valence-corrected chi connectivity index (χ3v) is 1.70. The first kappa shape index (κ1) is 10.2. The van der Waals surface area contributed by atoms with Crippen LogP contribution in [0.15, 0.2) is 23.1 Å². The van der Waals surface area contributed by atoms with Gasteiger partial charge in [-0.2, -0.15) is 0 Å². The van der Waals surface area contributed by atoms with Crippen molar-refractivity contribution < 1.29 is 14.3 Å². The van der Waals surface area contributed by atoms with Gasteiger partial charge in [0.2, 0.25) is 0 Å². The number of aromatic nitrogens is 1. The number of ether oxygens (including phenoxy) is 1. The second kappa shape index (κ2) is 4.36. The maximum atomic E-state index is 11.4. The molecule has 0 spiro atoms. The largest absolute Gasteiger partial charge is 0.468 e. The van der Waals surface area contributed by atoms with Crippen LogP contribution in [0.1, 0.15) is 10.4 Å². The minimum absolute atomic E-state index is 0.0244. The maximum Gasteiger partial charge on any atom is 0.325 e. The Morgan fingerprint density at radius 1 is 1.64 bits per heavy atom. The van der Waals surface area contributed by atoms with Crippen molar-refractivity contribution in [2.24, 2.45) is 0 Å². The number of methoxy groups -OCH3 is 1. The molecule has 1 aromatic heterocycles. The van der Waals surface area contributed by atoms with Crippen molar-refractivity contribution in [2.75, 3.05) is 7.11 Å². The van der Waals surface area contributed by atoms with E-state index in [4.69, 9.17) is 0 Å². The van der Waals surface area contributed by atoms with Crippen molar-refractivity contribution in [1.29, 1.82) is 0 Å². The normalized spacial score (nSPS) is 9.50. The molecule has 0 atom stereocenters. The van der Waals surface area contributed by atoms with Crippen molar-refractivity contribution in [3.05, 3.63) is 34.2 Å². The molecule has 0 aliphatic carbocycles. The molecule has 1 rings (SSSR count). The zero-order valence-corrected chi connectivity index (χ0v) is 7.60. The summed E-state index contributed by atoms with van der Waals surface area (Å²) in [6, 6.07) is 2.91. The molecule has 0 N–H and O–H groups in total. The number of hydrogen-bond acceptors (Lipinski definition) is 4. The van der Waals surface area contributed by atoms with Gasteiger partial charge in [0, 0.05) is 6.20 Å². The Kier molecular flexibility index (Phi) is 3.17. The molecule has 14 heavy (non-hydrogen) atoms. The smallest absolute Gasteiger partial charge is 0.325 e. The highest BCUT2D eigenvalue weighted by Crippen LogP contribution is 1.89. The molecule has 0 aromatic carbocycles. The van der Waals surface area contributed by atoms with Crippen LogP contribution in [-0.2, 0) is 16.1 Å². The van der Waals surface area contributed by atoms with E-state index < -0.39 is 11.5 Å². The Labute approximate surface area is 79.9 Å². The van der Waals surface area contributed by atoms with E-state index in [0.717, 1.165) is 4.57 Å². The molecule has 1 heterocycles. The number of carbonyl (C=O) groups is 2. The average molecular weight is 195 g/mol. The first-order chi connectivity index (χ1) is 6.69. The van der Waals surface area contributed by atoms with Crippen LogP contribution in [-0.4, -0.2) is 23.9 Å². The van der Waals surface area contributed by atoms with Crippen LogP contribution in [0.4, 0.5) is 0 Å². The highest BCUT2D eigenvalue weighted by atomic mass is 16.5. The lowest BCUT2D eigenvalue weighted by Crippen LogP contribution is -2.26. The van der Waals surface area contributed by atoms with Crippen molar-refractivity contribution >= 4 is 12.3 Å². The SMILES string of the molecule is COC(=O)Cn1cccc(C=O)c1=O. The highest BCUT2D eigenvalue weighted by molar-refractivity contribution is 5.74. The van der Waals surface area contributed by atoms with Crippen molar-refractivity contribution in [3.8, 4) is 0 Å². The summed E-state index contributed by atoms with van der Waals surface area (Å²) >= 11 is 0. The Hall–Kier alpha value is -1.91. The lowest BCUT2D eigenvalue weighted by Gasteiger charge is -2.03. The molecule has 74 valence electrons. The third kappa shape index (κ3) is 2.07. The van der Waals surface area contributed by atoms with Crippen molar-refractivity contribution in [2.45, 2.75) is 6.54 Å². The number of aldehydes is 1. The lowest BCUT2D eigenvalue weighted by atomic mass is 10.3. The fourth-order valence-corrected chi connectivity index (χ4v) is 0.973. The molecule has 5 heteroatoms. The number of rotatable bonds is 3. The fourth-order valence-electron chi connectivity index (χ4n) is 0.973. The van der Waals surface area contributed by atoms with Gasteiger partial charge in [0.1, 0.15) is 6.54 Å². The highest BCUT2D eigenvalue weighted by Gasteiger charge is 2.05. The second-order valence-corrected chi connectivity index (χ2v) is 2.59. The van der Waals surface area contributed by atoms with Gasteiger partial charge in [0.15, 0.2) is 6.29 Å². The Morgan fingerprint density at radius 3 is 2.93 bits per heavy atom. The molecule has 0 saturated heterocycles. The van der Waals surface area contributed by atoms with E-state index >= 15 is 0 Å². The number of pyridine rings is 1. The standard InChI is InChI=1S/C9H9NO4/c1-14-8(12)5-10-4-2-3-7(6-11)9(10)13/h2-4,6H,5H2,1H3. The Bertz CT molecular complexity index is 408. The van der Waals surface area contributed by atoms with E-state index in [1.165, 1.54) is 25.4 Å². The van der Waals surface area contributed by atoms with Crippen LogP contribution in [0.25, 0.3) is 0 Å². The van der Waals surface area contributed by atoms with Gasteiger partial charge in [-0.3, -0.25) is 14.4 Å². The first-order valence-electron chi connectivity index (χ1n) is 3.90. The van der Waals surface area contributed by atoms with Crippen LogP contribution in [0.2, 0.25) is 0 Å². The summed E-state index contributed by atoms with van der Waals surface area (Å²) in [5, 5.41) is 0. The quantitative estimate of drug-likeness (QED) is 0.496. The molecule has 1 aromatic rings. The minimum atomic E-state index is -0.532. The molecular formula is C9H9NO4. The zero-order valence-electron chi connectivity index (χ0n) is 7.60. The van der Waals surface area contributed by atoms with Gasteiger partial charge in [-0.1, -0.05) is 0 Å². The fraction of sp³-hybridized carbons (Fsp3) is 0.222. The molecule has 0 fully saturated rings. The molecule has 0 unspecified atom stereocenters. The van der Waals surface area contributed by atoms with Gasteiger partial charge in [-0.05, 0) is 12.1 Å². The van der Waals surface area contributed by atoms with E-state index in [9.17, 15) is 14.4 Å². The summed E-state index contributed by atoms with van der Waals surface area (Å²) in [5.41, 5.74) is -0.468. The summed E-state index contributed by atoms with van der Waals surface area (Å²) in [6.07, 6.45) is 1.88. The van der Waals surface area contributed by atoms with Gasteiger partial charge in [-0.15, -0.1) is 0 Å². The van der Waals surface area contributed by atoms with E-state index in [0.29, 0.717) is 6.29 Å². The van der Waals surface area contributed by atoms with Gasteiger partial charge in [0.05, 0.1) is 12.7 Å². The van der Waals surface area contributed by atoms with Gasteiger partial charge in [-0.25, -0.2) is 0 Å². The third-order valence-electron chi connectivity index (χ3n) is 1.70. The van der Waals surface area contributed by atoms with Crippen LogP contribution in [0.3, 0.4) is 0 Å². The summed E-state index contributed by atoms with van der Waals surface area (Å²) in [6.45, 7) is -0.184. The predicted octanol–water partition coefficient (Wildman–Crippen LogP) is -0.166. The Morgan fingerprint density at radius 2 is 2.36 bits per heavy atom. The van der Waals surface area contributed by atoms with E-state index in [1.807, 2.05) is 0 Å². The van der Waals surface area contributed by atoms with Crippen molar-refractivity contribution in [1.82, 2.24) is 4.57 Å². The van der Waals surface area contributed by atoms with Gasteiger partial charge >= 0.3 is 5.97 Å². The summed E-state index contributed by atoms with van der Waals surface area (Å²) in [7, 11) is 1.23. The average Bonchev–Trinajstić information content (AvgIpc) is 2.21. The molecule has 0 radical (unpaired) electrons. The molecule has 0 aliphatic rings. The summed E-state index contributed by atoms with van der Waals surface area (Å²) in [4.78, 5) is 32.6. The monoisotopic (exact) mass is 195 g/mol. The summed E-state index contributed by atoms with van der Waals surface area (Å²) < 4.78 is 5.52. The number of nitrogens with zero attached hydrogens (tertiary/aromatic N) is 1. The van der Waals surface area contributed by atoms with E-state index in [1.54, 1.807) is 0 Å². The van der Waals surface area contributed by atoms with E-state index in [-0.39, 0.29) is 12.1 Å². The van der Waals surface area contributed by atoms with Gasteiger partial charge < -0.3 is 9.30 Å².